The Kier molecular flexibility index (Phi) is 5.54. The highest BCUT2D eigenvalue weighted by Crippen LogP contribution is 2.12. The zero-order chi connectivity index (χ0) is 14.5. The lowest BCUT2D eigenvalue weighted by atomic mass is 10.1. The molecule has 0 aliphatic carbocycles. The van der Waals surface area contributed by atoms with E-state index in [4.69, 9.17) is 0 Å². The summed E-state index contributed by atoms with van der Waals surface area (Å²) in [5, 5.41) is 6.02. The summed E-state index contributed by atoms with van der Waals surface area (Å²) in [6.45, 7) is 5.67. The second-order valence-electron chi connectivity index (χ2n) is 5.27. The zero-order valence-electron chi connectivity index (χ0n) is 11.4. The Morgan fingerprint density at radius 3 is 2.42 bits per heavy atom. The molecule has 19 heavy (non-hydrogen) atoms. The highest BCUT2D eigenvalue weighted by molar-refractivity contribution is 9.08. The van der Waals surface area contributed by atoms with Crippen molar-refractivity contribution in [3.63, 3.8) is 0 Å². The van der Waals surface area contributed by atoms with Gasteiger partial charge in [-0.2, -0.15) is 0 Å². The summed E-state index contributed by atoms with van der Waals surface area (Å²) in [6, 6.07) is 7.29. The van der Waals surface area contributed by atoms with Crippen LogP contribution in [-0.2, 0) is 10.1 Å². The number of carbonyl (C=O) groups is 2. The normalized spacial score (nSPS) is 10.9. The molecule has 0 heterocycles. The first-order chi connectivity index (χ1) is 8.83. The topological polar surface area (TPSA) is 58.2 Å². The predicted octanol–water partition coefficient (Wildman–Crippen LogP) is 2.23. The average Bonchev–Trinajstić information content (AvgIpc) is 2.33. The fourth-order valence-electron chi connectivity index (χ4n) is 1.58. The molecule has 1 rings (SSSR count). The summed E-state index contributed by atoms with van der Waals surface area (Å²) in [5.41, 5.74) is 1.19. The van der Waals surface area contributed by atoms with Crippen molar-refractivity contribution in [2.24, 2.45) is 0 Å². The summed E-state index contributed by atoms with van der Waals surface area (Å²) < 4.78 is 0. The standard InChI is InChI=1S/C14H19BrN2O2/c1-14(2,3)17-12(18)9-16-13(19)11-7-5-4-6-10(11)8-15/h4-7H,8-9H2,1-3H3,(H,16,19)(H,17,18). The van der Waals surface area contributed by atoms with Gasteiger partial charge in [-0.3, -0.25) is 9.59 Å². The van der Waals surface area contributed by atoms with Crippen molar-refractivity contribution in [1.29, 1.82) is 0 Å². The number of benzene rings is 1. The monoisotopic (exact) mass is 326 g/mol. The van der Waals surface area contributed by atoms with Crippen molar-refractivity contribution in [2.45, 2.75) is 31.6 Å². The van der Waals surface area contributed by atoms with Gasteiger partial charge >= 0.3 is 0 Å². The van der Waals surface area contributed by atoms with E-state index in [0.29, 0.717) is 10.9 Å². The summed E-state index contributed by atoms with van der Waals surface area (Å²) in [7, 11) is 0. The van der Waals surface area contributed by atoms with Crippen LogP contribution in [-0.4, -0.2) is 23.9 Å². The van der Waals surface area contributed by atoms with E-state index in [9.17, 15) is 9.59 Å². The maximum absolute atomic E-state index is 12.0. The van der Waals surface area contributed by atoms with E-state index in [1.807, 2.05) is 32.9 Å². The maximum Gasteiger partial charge on any atom is 0.252 e. The van der Waals surface area contributed by atoms with Crippen LogP contribution < -0.4 is 10.6 Å². The highest BCUT2D eigenvalue weighted by atomic mass is 79.9. The Bertz CT molecular complexity index is 467. The van der Waals surface area contributed by atoms with E-state index in [1.54, 1.807) is 12.1 Å². The van der Waals surface area contributed by atoms with Gasteiger partial charge in [-0.05, 0) is 32.4 Å². The summed E-state index contributed by atoms with van der Waals surface area (Å²) >= 11 is 3.34. The molecule has 2 N–H and O–H groups in total. The molecule has 1 aromatic carbocycles. The number of carbonyl (C=O) groups excluding carboxylic acids is 2. The molecule has 0 aliphatic heterocycles. The van der Waals surface area contributed by atoms with Crippen LogP contribution in [0.15, 0.2) is 24.3 Å². The van der Waals surface area contributed by atoms with Crippen molar-refractivity contribution in [3.8, 4) is 0 Å². The minimum Gasteiger partial charge on any atom is -0.350 e. The molecule has 0 spiro atoms. The zero-order valence-corrected chi connectivity index (χ0v) is 13.0. The second-order valence-corrected chi connectivity index (χ2v) is 5.83. The fraction of sp³-hybridized carbons (Fsp3) is 0.429. The largest absolute Gasteiger partial charge is 0.350 e. The van der Waals surface area contributed by atoms with Gasteiger partial charge < -0.3 is 10.6 Å². The van der Waals surface area contributed by atoms with Crippen molar-refractivity contribution in [1.82, 2.24) is 10.6 Å². The Hall–Kier alpha value is -1.36. The molecular formula is C14H19BrN2O2. The number of alkyl halides is 1. The van der Waals surface area contributed by atoms with E-state index in [-0.39, 0.29) is 23.9 Å². The van der Waals surface area contributed by atoms with E-state index in [0.717, 1.165) is 5.56 Å². The first kappa shape index (κ1) is 15.7. The Morgan fingerprint density at radius 2 is 1.84 bits per heavy atom. The molecule has 104 valence electrons. The summed E-state index contributed by atoms with van der Waals surface area (Å²) in [6.07, 6.45) is 0. The number of amides is 2. The van der Waals surface area contributed by atoms with Gasteiger partial charge in [0.05, 0.1) is 6.54 Å². The first-order valence-electron chi connectivity index (χ1n) is 6.06. The smallest absolute Gasteiger partial charge is 0.252 e. The molecule has 0 unspecified atom stereocenters. The molecule has 0 fully saturated rings. The number of rotatable bonds is 4. The van der Waals surface area contributed by atoms with Crippen LogP contribution in [0, 0.1) is 0 Å². The molecule has 0 saturated heterocycles. The molecular weight excluding hydrogens is 308 g/mol. The van der Waals surface area contributed by atoms with E-state index in [2.05, 4.69) is 26.6 Å². The first-order valence-corrected chi connectivity index (χ1v) is 7.18. The number of halogens is 1. The average molecular weight is 327 g/mol. The third-order valence-corrected chi connectivity index (χ3v) is 2.93. The van der Waals surface area contributed by atoms with Crippen LogP contribution >= 0.6 is 15.9 Å². The fourth-order valence-corrected chi connectivity index (χ4v) is 2.07. The van der Waals surface area contributed by atoms with Crippen LogP contribution in [0.5, 0.6) is 0 Å². The summed E-state index contributed by atoms with van der Waals surface area (Å²) in [5.74, 6) is -0.434. The van der Waals surface area contributed by atoms with Gasteiger partial charge in [-0.15, -0.1) is 0 Å². The molecule has 0 radical (unpaired) electrons. The Morgan fingerprint density at radius 1 is 1.21 bits per heavy atom. The number of nitrogens with one attached hydrogen (secondary N) is 2. The summed E-state index contributed by atoms with van der Waals surface area (Å²) in [4.78, 5) is 23.6. The molecule has 1 aromatic rings. The minimum atomic E-state index is -0.296. The van der Waals surface area contributed by atoms with Crippen molar-refractivity contribution >= 4 is 27.7 Å². The molecule has 4 nitrogen and oxygen atoms in total. The lowest BCUT2D eigenvalue weighted by Gasteiger charge is -2.20. The predicted molar refractivity (Wildman–Crippen MR) is 79.3 cm³/mol. The van der Waals surface area contributed by atoms with Gasteiger partial charge in [0.1, 0.15) is 0 Å². The van der Waals surface area contributed by atoms with E-state index in [1.165, 1.54) is 0 Å². The molecule has 5 heteroatoms. The Labute approximate surface area is 122 Å². The quantitative estimate of drug-likeness (QED) is 0.833. The van der Waals surface area contributed by atoms with Crippen LogP contribution in [0.2, 0.25) is 0 Å². The van der Waals surface area contributed by atoms with Gasteiger partial charge in [-0.25, -0.2) is 0 Å². The van der Waals surface area contributed by atoms with Crippen molar-refractivity contribution in [2.75, 3.05) is 6.54 Å². The van der Waals surface area contributed by atoms with Crippen molar-refractivity contribution < 1.29 is 9.59 Å². The molecule has 0 atom stereocenters. The molecule has 0 aliphatic rings. The molecule has 0 aromatic heterocycles. The van der Waals surface area contributed by atoms with Gasteiger partial charge in [0, 0.05) is 16.4 Å². The minimum absolute atomic E-state index is 0.0211. The van der Waals surface area contributed by atoms with Gasteiger partial charge in [0.25, 0.3) is 5.91 Å². The van der Waals surface area contributed by atoms with E-state index < -0.39 is 0 Å². The van der Waals surface area contributed by atoms with Crippen LogP contribution in [0.3, 0.4) is 0 Å². The SMILES string of the molecule is CC(C)(C)NC(=O)CNC(=O)c1ccccc1CBr. The Balaban J connectivity index is 2.59. The highest BCUT2D eigenvalue weighted by Gasteiger charge is 2.15. The van der Waals surface area contributed by atoms with Crippen LogP contribution in [0.25, 0.3) is 0 Å². The maximum atomic E-state index is 12.0. The molecule has 0 bridgehead atoms. The van der Waals surface area contributed by atoms with Crippen LogP contribution in [0.1, 0.15) is 36.7 Å². The van der Waals surface area contributed by atoms with Gasteiger partial charge in [0.15, 0.2) is 0 Å². The third-order valence-electron chi connectivity index (χ3n) is 2.33. The lowest BCUT2D eigenvalue weighted by molar-refractivity contribution is -0.121. The van der Waals surface area contributed by atoms with Gasteiger partial charge in [-0.1, -0.05) is 34.1 Å². The van der Waals surface area contributed by atoms with Crippen LogP contribution in [0.4, 0.5) is 0 Å². The third kappa shape index (κ3) is 5.42. The van der Waals surface area contributed by atoms with Gasteiger partial charge in [0.2, 0.25) is 5.91 Å². The number of hydrogen-bond acceptors (Lipinski definition) is 2. The van der Waals surface area contributed by atoms with Crippen molar-refractivity contribution in [3.05, 3.63) is 35.4 Å². The molecule has 0 saturated carbocycles. The van der Waals surface area contributed by atoms with E-state index >= 15 is 0 Å². The lowest BCUT2D eigenvalue weighted by Crippen LogP contribution is -2.45. The second kappa shape index (κ2) is 6.70. The number of hydrogen-bond donors (Lipinski definition) is 2. The molecule has 2 amide bonds.